The Bertz CT molecular complexity index is 433. The van der Waals surface area contributed by atoms with Crippen molar-refractivity contribution < 1.29 is 5.11 Å². The van der Waals surface area contributed by atoms with E-state index in [-0.39, 0.29) is 6.10 Å². The fraction of sp³-hybridized carbons (Fsp3) is 0.867. The van der Waals surface area contributed by atoms with Gasteiger partial charge in [-0.2, -0.15) is 0 Å². The Balaban J connectivity index is 1.57. The SMILES string of the molecule is CCCC1CCC(O)C(CN2CCn3cnnc3C2)C1. The zero-order valence-corrected chi connectivity index (χ0v) is 12.4. The van der Waals surface area contributed by atoms with Crippen molar-refractivity contribution in [3.63, 3.8) is 0 Å². The summed E-state index contributed by atoms with van der Waals surface area (Å²) in [5, 5.41) is 18.4. The largest absolute Gasteiger partial charge is 0.393 e. The highest BCUT2D eigenvalue weighted by Crippen LogP contribution is 2.33. The maximum absolute atomic E-state index is 10.3. The predicted octanol–water partition coefficient (Wildman–Crippen LogP) is 1.67. The monoisotopic (exact) mass is 278 g/mol. The first-order valence-electron chi connectivity index (χ1n) is 8.03. The molecule has 3 rings (SSSR count). The minimum Gasteiger partial charge on any atom is -0.393 e. The van der Waals surface area contributed by atoms with Gasteiger partial charge < -0.3 is 9.67 Å². The molecule has 0 amide bonds. The van der Waals surface area contributed by atoms with Crippen LogP contribution in [0, 0.1) is 11.8 Å². The Kier molecular flexibility index (Phi) is 4.36. The minimum absolute atomic E-state index is 0.108. The molecule has 3 unspecified atom stereocenters. The van der Waals surface area contributed by atoms with Crippen LogP contribution in [0.5, 0.6) is 0 Å². The lowest BCUT2D eigenvalue weighted by molar-refractivity contribution is 0.0205. The van der Waals surface area contributed by atoms with Crippen LogP contribution in [0.15, 0.2) is 6.33 Å². The average molecular weight is 278 g/mol. The van der Waals surface area contributed by atoms with Gasteiger partial charge in [0.25, 0.3) is 0 Å². The van der Waals surface area contributed by atoms with Crippen molar-refractivity contribution in [2.45, 2.75) is 58.2 Å². The van der Waals surface area contributed by atoms with E-state index in [9.17, 15) is 5.11 Å². The molecule has 1 saturated carbocycles. The Hall–Kier alpha value is -0.940. The molecule has 0 aromatic carbocycles. The molecule has 1 aromatic rings. The molecule has 2 aliphatic rings. The Morgan fingerprint density at radius 3 is 3.10 bits per heavy atom. The highest BCUT2D eigenvalue weighted by molar-refractivity contribution is 4.91. The van der Waals surface area contributed by atoms with E-state index in [4.69, 9.17) is 0 Å². The molecule has 0 spiro atoms. The number of aromatic nitrogens is 3. The number of aliphatic hydroxyl groups excluding tert-OH is 1. The molecule has 3 atom stereocenters. The van der Waals surface area contributed by atoms with E-state index in [1.807, 2.05) is 6.33 Å². The molecule has 0 radical (unpaired) electrons. The van der Waals surface area contributed by atoms with Crippen molar-refractivity contribution in [3.05, 3.63) is 12.2 Å². The van der Waals surface area contributed by atoms with Crippen molar-refractivity contribution in [1.29, 1.82) is 0 Å². The summed E-state index contributed by atoms with van der Waals surface area (Å²) in [4.78, 5) is 2.44. The second-order valence-corrected chi connectivity index (χ2v) is 6.47. The van der Waals surface area contributed by atoms with Crippen LogP contribution >= 0.6 is 0 Å². The van der Waals surface area contributed by atoms with Crippen LogP contribution in [-0.4, -0.2) is 44.0 Å². The van der Waals surface area contributed by atoms with E-state index in [2.05, 4.69) is 26.6 Å². The lowest BCUT2D eigenvalue weighted by Crippen LogP contribution is -2.42. The van der Waals surface area contributed by atoms with E-state index in [1.165, 1.54) is 25.7 Å². The van der Waals surface area contributed by atoms with Crippen molar-refractivity contribution in [2.24, 2.45) is 11.8 Å². The third-order valence-electron chi connectivity index (χ3n) is 4.96. The molecule has 2 heterocycles. The zero-order chi connectivity index (χ0) is 13.9. The van der Waals surface area contributed by atoms with Crippen LogP contribution in [0.25, 0.3) is 0 Å². The number of fused-ring (bicyclic) bond motifs is 1. The fourth-order valence-corrected chi connectivity index (χ4v) is 3.82. The van der Waals surface area contributed by atoms with Crippen molar-refractivity contribution in [1.82, 2.24) is 19.7 Å². The summed E-state index contributed by atoms with van der Waals surface area (Å²) in [5.74, 6) is 2.32. The van der Waals surface area contributed by atoms with Crippen LogP contribution in [-0.2, 0) is 13.1 Å². The molecule has 0 saturated heterocycles. The molecule has 20 heavy (non-hydrogen) atoms. The second-order valence-electron chi connectivity index (χ2n) is 6.47. The van der Waals surface area contributed by atoms with Gasteiger partial charge >= 0.3 is 0 Å². The van der Waals surface area contributed by atoms with E-state index in [0.717, 1.165) is 44.3 Å². The van der Waals surface area contributed by atoms with Gasteiger partial charge in [-0.25, -0.2) is 0 Å². The minimum atomic E-state index is -0.108. The molecule has 5 heteroatoms. The van der Waals surface area contributed by atoms with Crippen molar-refractivity contribution in [3.8, 4) is 0 Å². The third kappa shape index (κ3) is 3.04. The highest BCUT2D eigenvalue weighted by atomic mass is 16.3. The summed E-state index contributed by atoms with van der Waals surface area (Å²) in [6.45, 7) is 6.17. The first-order valence-corrected chi connectivity index (χ1v) is 8.03. The van der Waals surface area contributed by atoms with Crippen molar-refractivity contribution >= 4 is 0 Å². The average Bonchev–Trinajstić information content (AvgIpc) is 2.90. The third-order valence-corrected chi connectivity index (χ3v) is 4.96. The lowest BCUT2D eigenvalue weighted by Gasteiger charge is -2.37. The number of hydrogen-bond donors (Lipinski definition) is 1. The number of rotatable bonds is 4. The van der Waals surface area contributed by atoms with Crippen LogP contribution in [0.4, 0.5) is 0 Å². The highest BCUT2D eigenvalue weighted by Gasteiger charge is 2.31. The van der Waals surface area contributed by atoms with E-state index >= 15 is 0 Å². The summed E-state index contributed by atoms with van der Waals surface area (Å²) in [6.07, 6.45) is 7.68. The fourth-order valence-electron chi connectivity index (χ4n) is 3.82. The molecule has 1 aliphatic carbocycles. The van der Waals surface area contributed by atoms with Gasteiger partial charge in [-0.1, -0.05) is 19.8 Å². The Morgan fingerprint density at radius 1 is 1.35 bits per heavy atom. The molecule has 1 aliphatic heterocycles. The molecule has 1 fully saturated rings. The maximum Gasteiger partial charge on any atom is 0.147 e. The molecule has 1 aromatic heterocycles. The number of hydrogen-bond acceptors (Lipinski definition) is 4. The Labute approximate surface area is 121 Å². The quantitative estimate of drug-likeness (QED) is 0.910. The molecule has 0 bridgehead atoms. The molecule has 5 nitrogen and oxygen atoms in total. The van der Waals surface area contributed by atoms with Gasteiger partial charge in [-0.05, 0) is 31.1 Å². The van der Waals surface area contributed by atoms with E-state index < -0.39 is 0 Å². The summed E-state index contributed by atoms with van der Waals surface area (Å²) in [5.41, 5.74) is 0. The summed E-state index contributed by atoms with van der Waals surface area (Å²) >= 11 is 0. The molecule has 1 N–H and O–H groups in total. The summed E-state index contributed by atoms with van der Waals surface area (Å²) < 4.78 is 2.13. The molecular weight excluding hydrogens is 252 g/mol. The summed E-state index contributed by atoms with van der Waals surface area (Å²) in [6, 6.07) is 0. The molecule has 112 valence electrons. The summed E-state index contributed by atoms with van der Waals surface area (Å²) in [7, 11) is 0. The number of aliphatic hydroxyl groups is 1. The van der Waals surface area contributed by atoms with Crippen molar-refractivity contribution in [2.75, 3.05) is 13.1 Å². The van der Waals surface area contributed by atoms with Crippen LogP contribution in [0.1, 0.15) is 44.9 Å². The first-order chi connectivity index (χ1) is 9.76. The van der Waals surface area contributed by atoms with Gasteiger partial charge in [0.2, 0.25) is 0 Å². The van der Waals surface area contributed by atoms with Crippen LogP contribution < -0.4 is 0 Å². The van der Waals surface area contributed by atoms with Gasteiger partial charge in [0.15, 0.2) is 0 Å². The zero-order valence-electron chi connectivity index (χ0n) is 12.4. The predicted molar refractivity (Wildman–Crippen MR) is 77.0 cm³/mol. The number of nitrogens with zero attached hydrogens (tertiary/aromatic N) is 4. The van der Waals surface area contributed by atoms with Gasteiger partial charge in [0, 0.05) is 19.6 Å². The smallest absolute Gasteiger partial charge is 0.147 e. The van der Waals surface area contributed by atoms with Crippen LogP contribution in [0.2, 0.25) is 0 Å². The normalized spacial score (nSPS) is 31.2. The van der Waals surface area contributed by atoms with Gasteiger partial charge in [0.05, 0.1) is 12.6 Å². The topological polar surface area (TPSA) is 54.2 Å². The van der Waals surface area contributed by atoms with E-state index in [0.29, 0.717) is 5.92 Å². The van der Waals surface area contributed by atoms with Gasteiger partial charge in [0.1, 0.15) is 12.2 Å². The Morgan fingerprint density at radius 2 is 2.25 bits per heavy atom. The van der Waals surface area contributed by atoms with Gasteiger partial charge in [-0.15, -0.1) is 10.2 Å². The first kappa shape index (κ1) is 14.0. The van der Waals surface area contributed by atoms with Crippen LogP contribution in [0.3, 0.4) is 0 Å². The molecular formula is C15H26N4O. The standard InChI is InChI=1S/C15H26N4O/c1-2-3-12-4-5-14(20)13(8-12)9-18-6-7-19-11-16-17-15(19)10-18/h11-14,20H,2-10H2,1H3. The lowest BCUT2D eigenvalue weighted by atomic mass is 9.77. The maximum atomic E-state index is 10.3. The van der Waals surface area contributed by atoms with Gasteiger partial charge in [-0.3, -0.25) is 4.90 Å². The van der Waals surface area contributed by atoms with E-state index in [1.54, 1.807) is 0 Å². The second kappa shape index (κ2) is 6.22.